The predicted octanol–water partition coefficient (Wildman–Crippen LogP) is 0.182. The minimum Gasteiger partial charge on any atom is -0.618 e. The van der Waals surface area contributed by atoms with Crippen molar-refractivity contribution in [2.24, 2.45) is 24.6 Å². The molecule has 0 aromatic carbocycles. The number of hydrazine groups is 1. The van der Waals surface area contributed by atoms with Crippen molar-refractivity contribution < 1.29 is 9.52 Å². The molecule has 0 radical (unpaired) electrons. The van der Waals surface area contributed by atoms with Crippen LogP contribution in [0.4, 0.5) is 0 Å². The zero-order chi connectivity index (χ0) is 18.3. The lowest BCUT2D eigenvalue weighted by atomic mass is 9.68. The van der Waals surface area contributed by atoms with Crippen LogP contribution in [0.25, 0.3) is 11.4 Å². The van der Waals surface area contributed by atoms with Gasteiger partial charge in [-0.2, -0.15) is 9.83 Å². The van der Waals surface area contributed by atoms with Gasteiger partial charge in [-0.25, -0.2) is 5.43 Å². The van der Waals surface area contributed by atoms with Gasteiger partial charge in [-0.05, 0) is 37.2 Å². The van der Waals surface area contributed by atoms with Crippen molar-refractivity contribution >= 4 is 5.91 Å². The van der Waals surface area contributed by atoms with Crippen molar-refractivity contribution in [2.45, 2.75) is 31.2 Å². The Kier molecular flexibility index (Phi) is 4.37. The van der Waals surface area contributed by atoms with E-state index in [1.54, 1.807) is 10.7 Å². The summed E-state index contributed by atoms with van der Waals surface area (Å²) in [7, 11) is 1.86. The molecule has 8 nitrogen and oxygen atoms in total. The molecule has 1 saturated carbocycles. The second-order valence-corrected chi connectivity index (χ2v) is 7.24. The summed E-state index contributed by atoms with van der Waals surface area (Å²) in [5.41, 5.74) is 14.2. The summed E-state index contributed by atoms with van der Waals surface area (Å²) in [6, 6.07) is 5.46. The number of nitrogens with one attached hydrogen (secondary N) is 2. The van der Waals surface area contributed by atoms with E-state index in [-0.39, 0.29) is 29.7 Å². The molecule has 2 aromatic rings. The lowest BCUT2D eigenvalue weighted by Gasteiger charge is -2.43. The highest BCUT2D eigenvalue weighted by atomic mass is 16.5. The van der Waals surface area contributed by atoms with Crippen LogP contribution in [0.2, 0.25) is 0 Å². The highest BCUT2D eigenvalue weighted by Gasteiger charge is 2.43. The Balaban J connectivity index is 1.67. The van der Waals surface area contributed by atoms with Crippen molar-refractivity contribution in [3.63, 3.8) is 0 Å². The number of fused-ring (bicyclic) bond motifs is 1. The number of nitrogens with two attached hydrogens (primary N) is 1. The van der Waals surface area contributed by atoms with Gasteiger partial charge in [0.25, 0.3) is 0 Å². The van der Waals surface area contributed by atoms with Crippen LogP contribution in [-0.4, -0.2) is 28.3 Å². The van der Waals surface area contributed by atoms with E-state index in [2.05, 4.69) is 16.0 Å². The molecule has 1 aliphatic carbocycles. The summed E-state index contributed by atoms with van der Waals surface area (Å²) in [5.74, 6) is 0.505. The van der Waals surface area contributed by atoms with Gasteiger partial charge in [0.2, 0.25) is 11.6 Å². The molecule has 1 amide bonds. The summed E-state index contributed by atoms with van der Waals surface area (Å²) < 4.78 is 2.64. The molecule has 1 aliphatic heterocycles. The van der Waals surface area contributed by atoms with Crippen LogP contribution >= 0.6 is 0 Å². The molecule has 4 atom stereocenters. The maximum Gasteiger partial charge on any atom is 0.242 e. The fourth-order valence-corrected chi connectivity index (χ4v) is 4.53. The highest BCUT2D eigenvalue weighted by Crippen LogP contribution is 2.44. The Morgan fingerprint density at radius 3 is 3.04 bits per heavy atom. The molecule has 4 N–H and O–H groups in total. The standard InChI is InChI=1S/C18H24N6O2/c1-23-17(16-4-2-3-7-24(16)26)14(10-20-23)11-5-6-12-13(8-11)15(9-19)21-22-18(12)25/h2-4,7,10-13,15,21H,5-6,8-9,19H2,1H3,(H,22,25). The van der Waals surface area contributed by atoms with E-state index in [4.69, 9.17) is 5.73 Å². The lowest BCUT2D eigenvalue weighted by Crippen LogP contribution is -2.62. The van der Waals surface area contributed by atoms with Gasteiger partial charge in [0.05, 0.1) is 6.20 Å². The number of pyridine rings is 1. The molecule has 0 spiro atoms. The minimum atomic E-state index is 0.00217. The van der Waals surface area contributed by atoms with E-state index < -0.39 is 0 Å². The number of aryl methyl sites for hydroxylation is 1. The van der Waals surface area contributed by atoms with Crippen molar-refractivity contribution in [1.29, 1.82) is 0 Å². The number of aromatic nitrogens is 3. The van der Waals surface area contributed by atoms with Gasteiger partial charge in [-0.3, -0.25) is 14.9 Å². The largest absolute Gasteiger partial charge is 0.618 e. The predicted molar refractivity (Wildman–Crippen MR) is 95.3 cm³/mol. The lowest BCUT2D eigenvalue weighted by molar-refractivity contribution is -0.593. The monoisotopic (exact) mass is 356 g/mol. The van der Waals surface area contributed by atoms with Crippen molar-refractivity contribution in [1.82, 2.24) is 20.6 Å². The molecule has 1 saturated heterocycles. The Hall–Kier alpha value is -2.45. The van der Waals surface area contributed by atoms with E-state index in [1.165, 1.54) is 6.20 Å². The molecule has 4 rings (SSSR count). The van der Waals surface area contributed by atoms with Gasteiger partial charge in [0, 0.05) is 43.2 Å². The average molecular weight is 356 g/mol. The zero-order valence-corrected chi connectivity index (χ0v) is 14.8. The number of carbonyl (C=O) groups is 1. The maximum atomic E-state index is 12.3. The Bertz CT molecular complexity index is 820. The first-order valence-corrected chi connectivity index (χ1v) is 9.06. The Morgan fingerprint density at radius 2 is 2.27 bits per heavy atom. The Labute approximate surface area is 151 Å². The molecular formula is C18H24N6O2. The van der Waals surface area contributed by atoms with Gasteiger partial charge >= 0.3 is 0 Å². The van der Waals surface area contributed by atoms with Crippen molar-refractivity contribution in [3.8, 4) is 11.4 Å². The fourth-order valence-electron chi connectivity index (χ4n) is 4.53. The Morgan fingerprint density at radius 1 is 1.42 bits per heavy atom. The molecule has 26 heavy (non-hydrogen) atoms. The minimum absolute atomic E-state index is 0.00217. The molecule has 138 valence electrons. The van der Waals surface area contributed by atoms with Gasteiger partial charge in [0.1, 0.15) is 5.69 Å². The third kappa shape index (κ3) is 2.75. The van der Waals surface area contributed by atoms with Crippen LogP contribution in [0.15, 0.2) is 30.6 Å². The van der Waals surface area contributed by atoms with Gasteiger partial charge in [0.15, 0.2) is 6.20 Å². The number of rotatable bonds is 3. The van der Waals surface area contributed by atoms with E-state index in [0.717, 1.165) is 35.3 Å². The number of amides is 1. The number of hydrogen-bond donors (Lipinski definition) is 3. The van der Waals surface area contributed by atoms with Gasteiger partial charge in [-0.15, -0.1) is 0 Å². The van der Waals surface area contributed by atoms with Crippen LogP contribution in [0.3, 0.4) is 0 Å². The molecule has 8 heteroatoms. The summed E-state index contributed by atoms with van der Waals surface area (Å²) in [6.45, 7) is 0.479. The van der Waals surface area contributed by atoms with Crippen molar-refractivity contribution in [2.75, 3.05) is 6.54 Å². The zero-order valence-electron chi connectivity index (χ0n) is 14.8. The van der Waals surface area contributed by atoms with Crippen LogP contribution in [0.5, 0.6) is 0 Å². The SMILES string of the molecule is Cn1ncc(C2CCC3C(=O)NNC(CN)C3C2)c1-c1cccc[n+]1[O-]. The third-order valence-corrected chi connectivity index (χ3v) is 5.86. The third-order valence-electron chi connectivity index (χ3n) is 5.86. The molecule has 4 unspecified atom stereocenters. The molecule has 3 heterocycles. The first-order chi connectivity index (χ1) is 12.6. The number of carbonyl (C=O) groups excluding carboxylic acids is 1. The summed E-state index contributed by atoms with van der Waals surface area (Å²) in [4.78, 5) is 12.2. The number of hydrogen-bond acceptors (Lipinski definition) is 5. The molecule has 2 aliphatic rings. The summed E-state index contributed by atoms with van der Waals surface area (Å²) >= 11 is 0. The van der Waals surface area contributed by atoms with E-state index in [9.17, 15) is 10.0 Å². The van der Waals surface area contributed by atoms with Gasteiger partial charge in [-0.1, -0.05) is 0 Å². The highest BCUT2D eigenvalue weighted by molar-refractivity contribution is 5.79. The van der Waals surface area contributed by atoms with E-state index in [1.807, 2.05) is 25.4 Å². The first kappa shape index (κ1) is 17.0. The first-order valence-electron chi connectivity index (χ1n) is 9.06. The molecular weight excluding hydrogens is 332 g/mol. The summed E-state index contributed by atoms with van der Waals surface area (Å²) in [6.07, 6.45) is 5.94. The van der Waals surface area contributed by atoms with Crippen LogP contribution in [0.1, 0.15) is 30.7 Å². The van der Waals surface area contributed by atoms with E-state index in [0.29, 0.717) is 12.2 Å². The van der Waals surface area contributed by atoms with Crippen LogP contribution in [0, 0.1) is 17.0 Å². The second-order valence-electron chi connectivity index (χ2n) is 7.24. The molecule has 2 aromatic heterocycles. The molecule has 2 fully saturated rings. The molecule has 0 bridgehead atoms. The fraction of sp³-hybridized carbons (Fsp3) is 0.500. The normalized spacial score (nSPS) is 28.5. The van der Waals surface area contributed by atoms with E-state index >= 15 is 0 Å². The van der Waals surface area contributed by atoms with Gasteiger partial charge < -0.3 is 10.9 Å². The maximum absolute atomic E-state index is 12.3. The van der Waals surface area contributed by atoms with Crippen LogP contribution in [-0.2, 0) is 11.8 Å². The number of nitrogens with zero attached hydrogens (tertiary/aromatic N) is 3. The smallest absolute Gasteiger partial charge is 0.242 e. The average Bonchev–Trinajstić information content (AvgIpc) is 3.03. The quantitative estimate of drug-likeness (QED) is 0.537. The van der Waals surface area contributed by atoms with Crippen molar-refractivity contribution in [3.05, 3.63) is 41.4 Å². The summed E-state index contributed by atoms with van der Waals surface area (Å²) in [5, 5.41) is 16.7. The second kappa shape index (κ2) is 6.69. The topological polar surface area (TPSA) is 112 Å². The van der Waals surface area contributed by atoms with Crippen LogP contribution < -0.4 is 21.3 Å².